The maximum Gasteiger partial charge on any atom is 0.332 e. The van der Waals surface area contributed by atoms with Crippen LogP contribution in [0.25, 0.3) is 0 Å². The molecule has 5 heteroatoms. The Bertz CT molecular complexity index is 278. The first-order chi connectivity index (χ1) is 10.1. The fourth-order valence-corrected chi connectivity index (χ4v) is 1.55. The molecule has 21 heavy (non-hydrogen) atoms. The van der Waals surface area contributed by atoms with Gasteiger partial charge in [-0.2, -0.15) is 0 Å². The molecule has 0 radical (unpaired) electrons. The summed E-state index contributed by atoms with van der Waals surface area (Å²) in [4.78, 5) is 22.6. The lowest BCUT2D eigenvalue weighted by Gasteiger charge is -2.09. The molecular weight excluding hydrogens is 272 g/mol. The van der Waals surface area contributed by atoms with Gasteiger partial charge >= 0.3 is 11.9 Å². The first-order valence-corrected chi connectivity index (χ1v) is 7.99. The van der Waals surface area contributed by atoms with Gasteiger partial charge in [-0.05, 0) is 12.3 Å². The van der Waals surface area contributed by atoms with Crippen molar-refractivity contribution in [2.24, 2.45) is 5.92 Å². The highest BCUT2D eigenvalue weighted by Gasteiger charge is 2.08. The molecule has 0 aromatic rings. The van der Waals surface area contributed by atoms with Gasteiger partial charge in [-0.3, -0.25) is 0 Å². The third kappa shape index (κ3) is 13.6. The second kappa shape index (κ2) is 13.9. The SMILES string of the molecule is CCCCCCCOC(=O)COCC(=O)OCC(C)CC. The first-order valence-electron chi connectivity index (χ1n) is 7.99. The van der Waals surface area contributed by atoms with Crippen LogP contribution in [-0.2, 0) is 23.8 Å². The molecule has 0 heterocycles. The Kier molecular flexibility index (Phi) is 13.1. The molecule has 0 saturated carbocycles. The van der Waals surface area contributed by atoms with Crippen molar-refractivity contribution in [1.82, 2.24) is 0 Å². The third-order valence-electron chi connectivity index (χ3n) is 3.18. The number of hydrogen-bond acceptors (Lipinski definition) is 5. The van der Waals surface area contributed by atoms with Gasteiger partial charge in [-0.25, -0.2) is 9.59 Å². The van der Waals surface area contributed by atoms with Crippen LogP contribution in [0.2, 0.25) is 0 Å². The standard InChI is InChI=1S/C16H30O5/c1-4-6-7-8-9-10-20-15(17)12-19-13-16(18)21-11-14(3)5-2/h14H,4-13H2,1-3H3. The number of esters is 2. The molecule has 0 fully saturated rings. The minimum Gasteiger partial charge on any atom is -0.464 e. The van der Waals surface area contributed by atoms with Crippen LogP contribution < -0.4 is 0 Å². The molecule has 0 aliphatic carbocycles. The molecule has 124 valence electrons. The quantitative estimate of drug-likeness (QED) is 0.386. The van der Waals surface area contributed by atoms with Crippen molar-refractivity contribution in [2.45, 2.75) is 59.3 Å². The van der Waals surface area contributed by atoms with Crippen LogP contribution in [0.1, 0.15) is 59.3 Å². The Balaban J connectivity index is 3.42. The van der Waals surface area contributed by atoms with Crippen LogP contribution in [0.3, 0.4) is 0 Å². The molecule has 0 bridgehead atoms. The van der Waals surface area contributed by atoms with E-state index < -0.39 is 11.9 Å². The maximum absolute atomic E-state index is 11.3. The van der Waals surface area contributed by atoms with E-state index in [-0.39, 0.29) is 13.2 Å². The molecule has 0 aromatic carbocycles. The van der Waals surface area contributed by atoms with E-state index in [0.29, 0.717) is 19.1 Å². The molecule has 0 aromatic heterocycles. The Morgan fingerprint density at radius 1 is 0.905 bits per heavy atom. The minimum absolute atomic E-state index is 0.201. The number of carbonyl (C=O) groups is 2. The van der Waals surface area contributed by atoms with Gasteiger partial charge in [0.2, 0.25) is 0 Å². The van der Waals surface area contributed by atoms with Crippen molar-refractivity contribution < 1.29 is 23.8 Å². The van der Waals surface area contributed by atoms with E-state index in [2.05, 4.69) is 6.92 Å². The van der Waals surface area contributed by atoms with Crippen molar-refractivity contribution in [1.29, 1.82) is 0 Å². The smallest absolute Gasteiger partial charge is 0.332 e. The van der Waals surface area contributed by atoms with Gasteiger partial charge in [0.25, 0.3) is 0 Å². The van der Waals surface area contributed by atoms with Crippen molar-refractivity contribution in [3.8, 4) is 0 Å². The minimum atomic E-state index is -0.442. The fourth-order valence-electron chi connectivity index (χ4n) is 1.55. The number of ether oxygens (including phenoxy) is 3. The topological polar surface area (TPSA) is 61.8 Å². The summed E-state index contributed by atoms with van der Waals surface area (Å²) in [6.07, 6.45) is 6.49. The zero-order valence-corrected chi connectivity index (χ0v) is 13.7. The molecular formula is C16H30O5. The number of unbranched alkanes of at least 4 members (excludes halogenated alkanes) is 4. The van der Waals surface area contributed by atoms with Crippen LogP contribution in [0.15, 0.2) is 0 Å². The summed E-state index contributed by atoms with van der Waals surface area (Å²) in [7, 11) is 0. The Hall–Kier alpha value is -1.10. The van der Waals surface area contributed by atoms with E-state index >= 15 is 0 Å². The predicted octanol–water partition coefficient (Wildman–Crippen LogP) is 3.11. The molecule has 0 rings (SSSR count). The number of carbonyl (C=O) groups excluding carboxylic acids is 2. The van der Waals surface area contributed by atoms with Crippen LogP contribution in [-0.4, -0.2) is 38.4 Å². The lowest BCUT2D eigenvalue weighted by Crippen LogP contribution is -2.20. The van der Waals surface area contributed by atoms with Crippen LogP contribution in [0.5, 0.6) is 0 Å². The Morgan fingerprint density at radius 2 is 1.52 bits per heavy atom. The number of rotatable bonds is 13. The van der Waals surface area contributed by atoms with Gasteiger partial charge in [0.15, 0.2) is 0 Å². The van der Waals surface area contributed by atoms with E-state index in [0.717, 1.165) is 19.3 Å². The average Bonchev–Trinajstić information content (AvgIpc) is 2.48. The van der Waals surface area contributed by atoms with Crippen molar-refractivity contribution in [3.63, 3.8) is 0 Å². The molecule has 0 saturated heterocycles. The normalized spacial score (nSPS) is 12.0. The summed E-state index contributed by atoms with van der Waals surface area (Å²) in [5, 5.41) is 0. The van der Waals surface area contributed by atoms with E-state index in [9.17, 15) is 9.59 Å². The van der Waals surface area contributed by atoms with E-state index in [1.54, 1.807) is 0 Å². The largest absolute Gasteiger partial charge is 0.464 e. The van der Waals surface area contributed by atoms with Gasteiger partial charge in [0.1, 0.15) is 13.2 Å². The molecule has 1 unspecified atom stereocenters. The summed E-state index contributed by atoms with van der Waals surface area (Å²) < 4.78 is 15.0. The first kappa shape index (κ1) is 19.9. The van der Waals surface area contributed by atoms with Gasteiger partial charge in [-0.15, -0.1) is 0 Å². The lowest BCUT2D eigenvalue weighted by atomic mass is 10.1. The highest BCUT2D eigenvalue weighted by Crippen LogP contribution is 2.02. The van der Waals surface area contributed by atoms with Gasteiger partial charge in [-0.1, -0.05) is 52.9 Å². The van der Waals surface area contributed by atoms with Crippen LogP contribution in [0.4, 0.5) is 0 Å². The Morgan fingerprint density at radius 3 is 2.14 bits per heavy atom. The summed E-state index contributed by atoms with van der Waals surface area (Å²) in [6, 6.07) is 0. The molecule has 5 nitrogen and oxygen atoms in total. The van der Waals surface area contributed by atoms with Crippen LogP contribution >= 0.6 is 0 Å². The number of hydrogen-bond donors (Lipinski definition) is 0. The Labute approximate surface area is 128 Å². The van der Waals surface area contributed by atoms with Crippen molar-refractivity contribution in [3.05, 3.63) is 0 Å². The molecule has 0 aliphatic heterocycles. The maximum atomic E-state index is 11.3. The molecule has 0 N–H and O–H groups in total. The predicted molar refractivity (Wildman–Crippen MR) is 81.0 cm³/mol. The molecule has 0 spiro atoms. The van der Waals surface area contributed by atoms with E-state index in [1.165, 1.54) is 19.3 Å². The third-order valence-corrected chi connectivity index (χ3v) is 3.18. The highest BCUT2D eigenvalue weighted by molar-refractivity contribution is 5.73. The molecule has 1 atom stereocenters. The van der Waals surface area contributed by atoms with Gasteiger partial charge in [0, 0.05) is 0 Å². The summed E-state index contributed by atoms with van der Waals surface area (Å²) >= 11 is 0. The monoisotopic (exact) mass is 302 g/mol. The fraction of sp³-hybridized carbons (Fsp3) is 0.875. The summed E-state index contributed by atoms with van der Waals surface area (Å²) in [6.45, 7) is 6.60. The van der Waals surface area contributed by atoms with E-state index in [1.807, 2.05) is 13.8 Å². The zero-order chi connectivity index (χ0) is 15.9. The second-order valence-electron chi connectivity index (χ2n) is 5.32. The second-order valence-corrected chi connectivity index (χ2v) is 5.32. The zero-order valence-electron chi connectivity index (χ0n) is 13.7. The van der Waals surface area contributed by atoms with Gasteiger partial charge in [0.05, 0.1) is 13.2 Å². The van der Waals surface area contributed by atoms with Gasteiger partial charge < -0.3 is 14.2 Å². The molecule has 0 aliphatic rings. The van der Waals surface area contributed by atoms with E-state index in [4.69, 9.17) is 14.2 Å². The van der Waals surface area contributed by atoms with Crippen molar-refractivity contribution in [2.75, 3.05) is 26.4 Å². The lowest BCUT2D eigenvalue weighted by molar-refractivity contribution is -0.156. The highest BCUT2D eigenvalue weighted by atomic mass is 16.6. The summed E-state index contributed by atoms with van der Waals surface area (Å²) in [5.41, 5.74) is 0. The average molecular weight is 302 g/mol. The van der Waals surface area contributed by atoms with Crippen molar-refractivity contribution >= 4 is 11.9 Å². The molecule has 0 amide bonds. The summed E-state index contributed by atoms with van der Waals surface area (Å²) in [5.74, 6) is -0.533. The van der Waals surface area contributed by atoms with Crippen LogP contribution in [0, 0.1) is 5.92 Å².